The number of ether oxygens (including phenoxy) is 1. The van der Waals surface area contributed by atoms with Crippen LogP contribution in [0.3, 0.4) is 0 Å². The number of methoxy groups -OCH3 is 1. The van der Waals surface area contributed by atoms with E-state index in [0.717, 1.165) is 29.7 Å². The second-order valence-corrected chi connectivity index (χ2v) is 7.49. The predicted molar refractivity (Wildman–Crippen MR) is 101 cm³/mol. The van der Waals surface area contributed by atoms with Gasteiger partial charge in [0.05, 0.1) is 23.6 Å². The molecule has 3 aliphatic heterocycles. The molecule has 27 heavy (non-hydrogen) atoms. The van der Waals surface area contributed by atoms with Crippen molar-refractivity contribution in [3.63, 3.8) is 0 Å². The molecule has 1 aromatic heterocycles. The Morgan fingerprint density at radius 1 is 1.26 bits per heavy atom. The number of hydrogen-bond acceptors (Lipinski definition) is 4. The van der Waals surface area contributed by atoms with Crippen molar-refractivity contribution in [2.24, 2.45) is 5.92 Å². The van der Waals surface area contributed by atoms with Gasteiger partial charge in [-0.25, -0.2) is 4.98 Å². The highest BCUT2D eigenvalue weighted by Gasteiger charge is 2.41. The highest BCUT2D eigenvalue weighted by molar-refractivity contribution is 5.84. The molecule has 0 aliphatic carbocycles. The van der Waals surface area contributed by atoms with Crippen molar-refractivity contribution in [1.82, 2.24) is 19.4 Å². The second-order valence-electron chi connectivity index (χ2n) is 7.49. The summed E-state index contributed by atoms with van der Waals surface area (Å²) in [6.07, 6.45) is 1.82. The van der Waals surface area contributed by atoms with Crippen molar-refractivity contribution in [3.05, 3.63) is 30.1 Å². The van der Waals surface area contributed by atoms with Crippen LogP contribution in [0.15, 0.2) is 24.3 Å². The Morgan fingerprint density at radius 3 is 2.89 bits per heavy atom. The fourth-order valence-electron chi connectivity index (χ4n) is 4.36. The van der Waals surface area contributed by atoms with Gasteiger partial charge in [-0.3, -0.25) is 9.59 Å². The number of aromatic nitrogens is 2. The first kappa shape index (κ1) is 18.0. The Hall–Kier alpha value is -2.41. The monoisotopic (exact) mass is 370 g/mol. The molecular formula is C20H26N4O3. The highest BCUT2D eigenvalue weighted by atomic mass is 16.5. The van der Waals surface area contributed by atoms with Gasteiger partial charge in [-0.05, 0) is 31.9 Å². The summed E-state index contributed by atoms with van der Waals surface area (Å²) in [4.78, 5) is 34.2. The maximum atomic E-state index is 13.1. The molecule has 5 rings (SSSR count). The number of para-hydroxylation sites is 2. The summed E-state index contributed by atoms with van der Waals surface area (Å²) in [5.41, 5.74) is 1.87. The summed E-state index contributed by atoms with van der Waals surface area (Å²) in [5, 5.41) is 0. The van der Waals surface area contributed by atoms with E-state index in [4.69, 9.17) is 4.74 Å². The summed E-state index contributed by atoms with van der Waals surface area (Å²) in [6.45, 7) is 4.44. The highest BCUT2D eigenvalue weighted by Crippen LogP contribution is 2.29. The largest absolute Gasteiger partial charge is 0.383 e. The molecule has 3 fully saturated rings. The molecule has 2 aromatic rings. The number of benzene rings is 1. The van der Waals surface area contributed by atoms with Crippen molar-refractivity contribution in [2.45, 2.75) is 32.4 Å². The van der Waals surface area contributed by atoms with Gasteiger partial charge in [0.25, 0.3) is 0 Å². The van der Waals surface area contributed by atoms with Gasteiger partial charge in [0, 0.05) is 32.8 Å². The minimum Gasteiger partial charge on any atom is -0.383 e. The first-order valence-electron chi connectivity index (χ1n) is 9.57. The maximum Gasteiger partial charge on any atom is 0.242 e. The number of carbonyl (C=O) groups is 2. The molecule has 0 spiro atoms. The molecule has 3 saturated heterocycles. The van der Waals surface area contributed by atoms with Gasteiger partial charge in [0.1, 0.15) is 12.4 Å². The van der Waals surface area contributed by atoms with Crippen molar-refractivity contribution in [2.75, 3.05) is 33.4 Å². The number of nitrogens with zero attached hydrogens (tertiary/aromatic N) is 4. The number of hydrogen-bond donors (Lipinski definition) is 0. The number of amides is 2. The zero-order chi connectivity index (χ0) is 19.0. The Morgan fingerprint density at radius 2 is 2.07 bits per heavy atom. The van der Waals surface area contributed by atoms with E-state index < -0.39 is 0 Å². The van der Waals surface area contributed by atoms with Crippen LogP contribution in [0.25, 0.3) is 11.0 Å². The SMILES string of the molecule is COCCN1C(=O)[C@@H]2CC[C@H]1CN(C(=O)Cn1c(C)nc3ccccc31)C2. The summed E-state index contributed by atoms with van der Waals surface area (Å²) in [6, 6.07) is 7.96. The van der Waals surface area contributed by atoms with Crippen LogP contribution in [0.4, 0.5) is 0 Å². The molecule has 0 unspecified atom stereocenters. The lowest BCUT2D eigenvalue weighted by Gasteiger charge is -2.35. The number of carbonyl (C=O) groups excluding carboxylic acids is 2. The van der Waals surface area contributed by atoms with E-state index in [1.165, 1.54) is 0 Å². The molecule has 4 heterocycles. The van der Waals surface area contributed by atoms with Gasteiger partial charge < -0.3 is 19.1 Å². The van der Waals surface area contributed by atoms with Crippen LogP contribution in [-0.4, -0.2) is 70.6 Å². The molecule has 144 valence electrons. The van der Waals surface area contributed by atoms with Crippen LogP contribution < -0.4 is 0 Å². The van der Waals surface area contributed by atoms with E-state index in [1.54, 1.807) is 7.11 Å². The van der Waals surface area contributed by atoms with Crippen molar-refractivity contribution in [3.8, 4) is 0 Å². The van der Waals surface area contributed by atoms with Crippen molar-refractivity contribution >= 4 is 22.8 Å². The second kappa shape index (κ2) is 7.31. The van der Waals surface area contributed by atoms with Crippen LogP contribution >= 0.6 is 0 Å². The Kier molecular flexibility index (Phi) is 4.86. The fraction of sp³-hybridized carbons (Fsp3) is 0.550. The third kappa shape index (κ3) is 3.32. The fourth-order valence-corrected chi connectivity index (χ4v) is 4.36. The van der Waals surface area contributed by atoms with E-state index in [-0.39, 0.29) is 30.3 Å². The lowest BCUT2D eigenvalue weighted by Crippen LogP contribution is -2.49. The Balaban J connectivity index is 1.53. The third-order valence-electron chi connectivity index (χ3n) is 5.82. The zero-order valence-electron chi connectivity index (χ0n) is 15.9. The Labute approximate surface area is 158 Å². The van der Waals surface area contributed by atoms with Crippen LogP contribution in [0.2, 0.25) is 0 Å². The van der Waals surface area contributed by atoms with Gasteiger partial charge >= 0.3 is 0 Å². The number of fused-ring (bicyclic) bond motifs is 5. The van der Waals surface area contributed by atoms with Gasteiger partial charge in [-0.2, -0.15) is 0 Å². The quantitative estimate of drug-likeness (QED) is 0.799. The molecule has 0 saturated carbocycles. The lowest BCUT2D eigenvalue weighted by molar-refractivity contribution is -0.140. The minimum atomic E-state index is -0.0924. The first-order chi connectivity index (χ1) is 13.1. The van der Waals surface area contributed by atoms with Crippen LogP contribution in [0.5, 0.6) is 0 Å². The third-order valence-corrected chi connectivity index (χ3v) is 5.82. The molecule has 3 aliphatic rings. The normalized spacial score (nSPS) is 22.5. The van der Waals surface area contributed by atoms with E-state index in [1.807, 2.05) is 45.6 Å². The minimum absolute atomic E-state index is 0.0551. The molecule has 7 heteroatoms. The van der Waals surface area contributed by atoms with Crippen LogP contribution in [0.1, 0.15) is 18.7 Å². The lowest BCUT2D eigenvalue weighted by atomic mass is 9.94. The molecule has 2 amide bonds. The molecule has 7 nitrogen and oxygen atoms in total. The number of piperidine rings is 1. The smallest absolute Gasteiger partial charge is 0.242 e. The molecule has 0 N–H and O–H groups in total. The molecule has 2 atom stereocenters. The van der Waals surface area contributed by atoms with Crippen LogP contribution in [0, 0.1) is 12.8 Å². The predicted octanol–water partition coefficient (Wildman–Crippen LogP) is 1.44. The number of rotatable bonds is 5. The van der Waals surface area contributed by atoms with Gasteiger partial charge in [0.15, 0.2) is 0 Å². The van der Waals surface area contributed by atoms with E-state index in [2.05, 4.69) is 4.98 Å². The van der Waals surface area contributed by atoms with Gasteiger partial charge in [0.2, 0.25) is 11.8 Å². The standard InChI is InChI=1S/C20H26N4O3/c1-14-21-17-5-3-4-6-18(17)24(14)13-19(25)22-11-15-7-8-16(12-22)23(20(15)26)9-10-27-2/h3-6,15-16H,7-13H2,1-2H3/t15-,16+/m1/s1. The topological polar surface area (TPSA) is 67.7 Å². The van der Waals surface area contributed by atoms with Gasteiger partial charge in [-0.1, -0.05) is 12.1 Å². The molecule has 1 aromatic carbocycles. The molecule has 2 bridgehead atoms. The molecule has 0 radical (unpaired) electrons. The van der Waals surface area contributed by atoms with E-state index in [9.17, 15) is 9.59 Å². The first-order valence-corrected chi connectivity index (χ1v) is 9.57. The van der Waals surface area contributed by atoms with E-state index >= 15 is 0 Å². The summed E-state index contributed by atoms with van der Waals surface area (Å²) in [5.74, 6) is 0.965. The van der Waals surface area contributed by atoms with Crippen molar-refractivity contribution in [1.29, 1.82) is 0 Å². The number of imidazole rings is 1. The Bertz CT molecular complexity index is 862. The van der Waals surface area contributed by atoms with Crippen LogP contribution in [-0.2, 0) is 20.9 Å². The zero-order valence-corrected chi connectivity index (χ0v) is 15.9. The average Bonchev–Trinajstić information content (AvgIpc) is 2.81. The van der Waals surface area contributed by atoms with Gasteiger partial charge in [-0.15, -0.1) is 0 Å². The number of aryl methyl sites for hydroxylation is 1. The maximum absolute atomic E-state index is 13.1. The summed E-state index contributed by atoms with van der Waals surface area (Å²) in [7, 11) is 1.65. The summed E-state index contributed by atoms with van der Waals surface area (Å²) < 4.78 is 7.12. The average molecular weight is 370 g/mol. The summed E-state index contributed by atoms with van der Waals surface area (Å²) >= 11 is 0. The van der Waals surface area contributed by atoms with E-state index in [0.29, 0.717) is 26.2 Å². The molecular weight excluding hydrogens is 344 g/mol. The van der Waals surface area contributed by atoms with Crippen molar-refractivity contribution < 1.29 is 14.3 Å².